The molecule has 1 N–H and O–H groups in total. The van der Waals surface area contributed by atoms with Crippen LogP contribution in [0.1, 0.15) is 15.9 Å². The second kappa shape index (κ2) is 5.84. The summed E-state index contributed by atoms with van der Waals surface area (Å²) in [7, 11) is 0. The lowest BCUT2D eigenvalue weighted by atomic mass is 10.2. The maximum absolute atomic E-state index is 13.6. The lowest BCUT2D eigenvalue weighted by molar-refractivity contribution is 0.0691. The predicted molar refractivity (Wildman–Crippen MR) is 71.8 cm³/mol. The van der Waals surface area contributed by atoms with Gasteiger partial charge in [0.25, 0.3) is 0 Å². The van der Waals surface area contributed by atoms with E-state index in [1.165, 1.54) is 12.1 Å². The molecule has 0 aliphatic heterocycles. The number of aromatic carboxylic acids is 1. The first-order valence-electron chi connectivity index (χ1n) is 5.47. The molecule has 0 aromatic heterocycles. The second-order valence-corrected chi connectivity index (χ2v) is 4.74. The third-order valence-corrected chi connectivity index (χ3v) is 3.01. The van der Waals surface area contributed by atoms with E-state index in [-0.39, 0.29) is 17.9 Å². The molecule has 0 unspecified atom stereocenters. The molecule has 98 valence electrons. The molecule has 3 nitrogen and oxygen atoms in total. The van der Waals surface area contributed by atoms with Crippen LogP contribution in [-0.4, -0.2) is 11.1 Å². The summed E-state index contributed by atoms with van der Waals surface area (Å²) in [6.45, 7) is -0.0244. The number of hydrogen-bond donors (Lipinski definition) is 1. The Morgan fingerprint density at radius 3 is 2.68 bits per heavy atom. The highest BCUT2D eigenvalue weighted by Gasteiger charge is 2.11. The summed E-state index contributed by atoms with van der Waals surface area (Å²) in [5.74, 6) is -1.26. The van der Waals surface area contributed by atoms with Crippen molar-refractivity contribution < 1.29 is 19.0 Å². The molecule has 0 heterocycles. The minimum atomic E-state index is -1.08. The SMILES string of the molecule is O=C(O)c1ccccc1OCc1ccc(Br)cc1F. The molecule has 5 heteroatoms. The van der Waals surface area contributed by atoms with Gasteiger partial charge in [0.1, 0.15) is 23.7 Å². The van der Waals surface area contributed by atoms with E-state index in [0.29, 0.717) is 10.0 Å². The van der Waals surface area contributed by atoms with Gasteiger partial charge in [-0.3, -0.25) is 0 Å². The van der Waals surface area contributed by atoms with Gasteiger partial charge in [0.15, 0.2) is 0 Å². The number of benzene rings is 2. The fraction of sp³-hybridized carbons (Fsp3) is 0.0714. The highest BCUT2D eigenvalue weighted by molar-refractivity contribution is 9.10. The highest BCUT2D eigenvalue weighted by atomic mass is 79.9. The summed E-state index contributed by atoms with van der Waals surface area (Å²) in [6, 6.07) is 10.9. The zero-order chi connectivity index (χ0) is 13.8. The molecule has 0 aliphatic rings. The zero-order valence-corrected chi connectivity index (χ0v) is 11.4. The third kappa shape index (κ3) is 3.32. The number of carboxylic acids is 1. The van der Waals surface area contributed by atoms with E-state index in [2.05, 4.69) is 15.9 Å². The zero-order valence-electron chi connectivity index (χ0n) is 9.77. The van der Waals surface area contributed by atoms with E-state index in [9.17, 15) is 9.18 Å². The Hall–Kier alpha value is -1.88. The maximum atomic E-state index is 13.6. The van der Waals surface area contributed by atoms with Crippen LogP contribution in [0.4, 0.5) is 4.39 Å². The van der Waals surface area contributed by atoms with Gasteiger partial charge in [-0.05, 0) is 24.3 Å². The summed E-state index contributed by atoms with van der Waals surface area (Å²) in [4.78, 5) is 11.0. The molecule has 2 aromatic carbocycles. The van der Waals surface area contributed by atoms with E-state index in [1.807, 2.05) is 0 Å². The second-order valence-electron chi connectivity index (χ2n) is 3.83. The van der Waals surface area contributed by atoms with Crippen LogP contribution in [0.5, 0.6) is 5.75 Å². The fourth-order valence-electron chi connectivity index (χ4n) is 1.56. The van der Waals surface area contributed by atoms with Crippen LogP contribution in [0.2, 0.25) is 0 Å². The third-order valence-electron chi connectivity index (χ3n) is 2.52. The first kappa shape index (κ1) is 13.5. The molecule has 2 aromatic rings. The average Bonchev–Trinajstić information content (AvgIpc) is 2.38. The molecule has 0 radical (unpaired) electrons. The van der Waals surface area contributed by atoms with Crippen LogP contribution < -0.4 is 4.74 Å². The van der Waals surface area contributed by atoms with Crippen molar-refractivity contribution in [2.45, 2.75) is 6.61 Å². The van der Waals surface area contributed by atoms with Crippen molar-refractivity contribution in [3.63, 3.8) is 0 Å². The van der Waals surface area contributed by atoms with Crippen molar-refractivity contribution in [1.29, 1.82) is 0 Å². The van der Waals surface area contributed by atoms with Crippen molar-refractivity contribution in [1.82, 2.24) is 0 Å². The van der Waals surface area contributed by atoms with Crippen molar-refractivity contribution in [3.8, 4) is 5.75 Å². The number of rotatable bonds is 4. The van der Waals surface area contributed by atoms with Crippen LogP contribution in [0.3, 0.4) is 0 Å². The molecule has 0 atom stereocenters. The fourth-order valence-corrected chi connectivity index (χ4v) is 1.90. The van der Waals surface area contributed by atoms with Gasteiger partial charge in [0.2, 0.25) is 0 Å². The molecule has 2 rings (SSSR count). The van der Waals surface area contributed by atoms with Gasteiger partial charge in [0.05, 0.1) is 0 Å². The van der Waals surface area contributed by atoms with Gasteiger partial charge >= 0.3 is 5.97 Å². The summed E-state index contributed by atoms with van der Waals surface area (Å²) >= 11 is 3.16. The van der Waals surface area contributed by atoms with Gasteiger partial charge in [0, 0.05) is 10.0 Å². The molecule has 0 fully saturated rings. The van der Waals surface area contributed by atoms with Crippen LogP contribution in [0.25, 0.3) is 0 Å². The molecule has 0 spiro atoms. The summed E-state index contributed by atoms with van der Waals surface area (Å²) < 4.78 is 19.6. The van der Waals surface area contributed by atoms with E-state index in [0.717, 1.165) is 0 Å². The molecular formula is C14H10BrFO3. The Morgan fingerprint density at radius 1 is 1.26 bits per heavy atom. The van der Waals surface area contributed by atoms with E-state index in [1.54, 1.807) is 30.3 Å². The number of carbonyl (C=O) groups is 1. The smallest absolute Gasteiger partial charge is 0.339 e. The highest BCUT2D eigenvalue weighted by Crippen LogP contribution is 2.21. The lowest BCUT2D eigenvalue weighted by Gasteiger charge is -2.09. The molecule has 19 heavy (non-hydrogen) atoms. The van der Waals surface area contributed by atoms with Crippen molar-refractivity contribution in [3.05, 3.63) is 63.9 Å². The minimum absolute atomic E-state index is 0.0244. The van der Waals surface area contributed by atoms with Crippen LogP contribution in [0, 0.1) is 5.82 Å². The molecule has 0 saturated carbocycles. The summed E-state index contributed by atoms with van der Waals surface area (Å²) in [6.07, 6.45) is 0. The average molecular weight is 325 g/mol. The quantitative estimate of drug-likeness (QED) is 0.928. The van der Waals surface area contributed by atoms with Crippen LogP contribution in [0.15, 0.2) is 46.9 Å². The Kier molecular flexibility index (Phi) is 4.16. The minimum Gasteiger partial charge on any atom is -0.488 e. The molecular weight excluding hydrogens is 315 g/mol. The van der Waals surface area contributed by atoms with E-state index in [4.69, 9.17) is 9.84 Å². The Balaban J connectivity index is 2.17. The number of carboxylic acid groups (broad SMARTS) is 1. The maximum Gasteiger partial charge on any atom is 0.339 e. The van der Waals surface area contributed by atoms with Gasteiger partial charge in [-0.2, -0.15) is 0 Å². The molecule has 0 saturated heterocycles. The number of ether oxygens (including phenoxy) is 1. The van der Waals surface area contributed by atoms with Crippen LogP contribution in [-0.2, 0) is 6.61 Å². The number of para-hydroxylation sites is 1. The van der Waals surface area contributed by atoms with E-state index >= 15 is 0 Å². The summed E-state index contributed by atoms with van der Waals surface area (Å²) in [5, 5.41) is 8.99. The molecule has 0 amide bonds. The predicted octanol–water partition coefficient (Wildman–Crippen LogP) is 3.87. The lowest BCUT2D eigenvalue weighted by Crippen LogP contribution is -2.04. The van der Waals surface area contributed by atoms with Crippen molar-refractivity contribution in [2.24, 2.45) is 0 Å². The van der Waals surface area contributed by atoms with Crippen LogP contribution >= 0.6 is 15.9 Å². The summed E-state index contributed by atoms with van der Waals surface area (Å²) in [5.41, 5.74) is 0.420. The number of hydrogen-bond acceptors (Lipinski definition) is 2. The molecule has 0 bridgehead atoms. The Bertz CT molecular complexity index is 613. The van der Waals surface area contributed by atoms with Gasteiger partial charge in [-0.25, -0.2) is 9.18 Å². The standard InChI is InChI=1S/C14H10BrFO3/c15-10-6-5-9(12(16)7-10)8-19-13-4-2-1-3-11(13)14(17)18/h1-7H,8H2,(H,17,18). The largest absolute Gasteiger partial charge is 0.488 e. The van der Waals surface area contributed by atoms with Gasteiger partial charge in [-0.15, -0.1) is 0 Å². The van der Waals surface area contributed by atoms with Crippen molar-refractivity contribution in [2.75, 3.05) is 0 Å². The van der Waals surface area contributed by atoms with Gasteiger partial charge in [-0.1, -0.05) is 34.1 Å². The first-order chi connectivity index (χ1) is 9.08. The first-order valence-corrected chi connectivity index (χ1v) is 6.26. The Morgan fingerprint density at radius 2 is 2.00 bits per heavy atom. The van der Waals surface area contributed by atoms with Crippen molar-refractivity contribution >= 4 is 21.9 Å². The Labute approximate surface area is 117 Å². The monoisotopic (exact) mass is 324 g/mol. The number of halogens is 2. The normalized spacial score (nSPS) is 10.2. The van der Waals surface area contributed by atoms with E-state index < -0.39 is 11.8 Å². The van der Waals surface area contributed by atoms with Gasteiger partial charge < -0.3 is 9.84 Å². The molecule has 0 aliphatic carbocycles. The topological polar surface area (TPSA) is 46.5 Å².